The van der Waals surface area contributed by atoms with Crippen molar-refractivity contribution in [2.45, 2.75) is 13.1 Å². The predicted octanol–water partition coefficient (Wildman–Crippen LogP) is 2.92. The van der Waals surface area contributed by atoms with Gasteiger partial charge in [-0.1, -0.05) is 59.9 Å². The summed E-state index contributed by atoms with van der Waals surface area (Å²) in [5.74, 6) is 0. The number of aromatic nitrogens is 3. The quantitative estimate of drug-likeness (QED) is 0.750. The summed E-state index contributed by atoms with van der Waals surface area (Å²) in [6.07, 6.45) is -0.152. The molecule has 0 amide bonds. The van der Waals surface area contributed by atoms with E-state index in [0.717, 1.165) is 21.6 Å². The van der Waals surface area contributed by atoms with Crippen molar-refractivity contribution in [3.05, 3.63) is 60.2 Å². The van der Waals surface area contributed by atoms with Crippen LogP contribution in [0.3, 0.4) is 0 Å². The summed E-state index contributed by atoms with van der Waals surface area (Å²) in [5.41, 5.74) is 2.94. The normalized spacial score (nSPS) is 12.2. The smallest absolute Gasteiger partial charge is 0.149 e. The Morgan fingerprint density at radius 1 is 1.10 bits per heavy atom. The van der Waals surface area contributed by atoms with Crippen molar-refractivity contribution in [2.24, 2.45) is 0 Å². The second kappa shape index (κ2) is 5.38. The van der Waals surface area contributed by atoms with Crippen LogP contribution in [0, 0.1) is 0 Å². The molecule has 1 N–H and O–H groups in total. The standard InChI is InChI=1S/C15H14N4S/c1-11(20)16-15(12-7-3-2-4-8-12)19-14-10-6-5-9-13(14)17-18-19/h2-10,15H,1H3,(H,16,20). The van der Waals surface area contributed by atoms with Gasteiger partial charge in [0.15, 0.2) is 0 Å². The largest absolute Gasteiger partial charge is 0.355 e. The van der Waals surface area contributed by atoms with Crippen LogP contribution in [0.5, 0.6) is 0 Å². The highest BCUT2D eigenvalue weighted by Crippen LogP contribution is 2.20. The second-order valence-corrected chi connectivity index (χ2v) is 5.15. The Labute approximate surface area is 122 Å². The maximum atomic E-state index is 5.20. The summed E-state index contributed by atoms with van der Waals surface area (Å²) < 4.78 is 1.86. The molecule has 0 fully saturated rings. The van der Waals surface area contributed by atoms with E-state index in [9.17, 15) is 0 Å². The van der Waals surface area contributed by atoms with Gasteiger partial charge >= 0.3 is 0 Å². The van der Waals surface area contributed by atoms with E-state index < -0.39 is 0 Å². The summed E-state index contributed by atoms with van der Waals surface area (Å²) in [4.78, 5) is 0.721. The van der Waals surface area contributed by atoms with E-state index in [2.05, 4.69) is 15.6 Å². The van der Waals surface area contributed by atoms with E-state index in [1.165, 1.54) is 0 Å². The lowest BCUT2D eigenvalue weighted by Gasteiger charge is -2.20. The SMILES string of the molecule is CC(=S)NC(c1ccccc1)n1nnc2ccccc21. The van der Waals surface area contributed by atoms with Gasteiger partial charge in [0.25, 0.3) is 0 Å². The Kier molecular flexibility index (Phi) is 3.43. The van der Waals surface area contributed by atoms with E-state index in [1.54, 1.807) is 0 Å². The molecule has 1 atom stereocenters. The minimum absolute atomic E-state index is 0.152. The van der Waals surface area contributed by atoms with Gasteiger partial charge in [-0.05, 0) is 24.6 Å². The molecule has 0 saturated heterocycles. The van der Waals surface area contributed by atoms with Crippen molar-refractivity contribution < 1.29 is 0 Å². The van der Waals surface area contributed by atoms with Gasteiger partial charge in [0.05, 0.1) is 10.5 Å². The van der Waals surface area contributed by atoms with Crippen LogP contribution in [0.15, 0.2) is 54.6 Å². The summed E-state index contributed by atoms with van der Waals surface area (Å²) in [5, 5.41) is 11.8. The van der Waals surface area contributed by atoms with E-state index in [0.29, 0.717) is 0 Å². The van der Waals surface area contributed by atoms with Crippen LogP contribution in [0.1, 0.15) is 18.7 Å². The third kappa shape index (κ3) is 2.40. The molecule has 0 aliphatic carbocycles. The van der Waals surface area contributed by atoms with Gasteiger partial charge < -0.3 is 5.32 Å². The van der Waals surface area contributed by atoms with Gasteiger partial charge in [0.1, 0.15) is 11.7 Å². The van der Waals surface area contributed by atoms with Gasteiger partial charge in [0.2, 0.25) is 0 Å². The molecular formula is C15H14N4S. The van der Waals surface area contributed by atoms with Crippen LogP contribution in [-0.4, -0.2) is 20.0 Å². The zero-order valence-corrected chi connectivity index (χ0v) is 11.8. The van der Waals surface area contributed by atoms with E-state index >= 15 is 0 Å². The fourth-order valence-corrected chi connectivity index (χ4v) is 2.30. The summed E-state index contributed by atoms with van der Waals surface area (Å²) in [6, 6.07) is 18.0. The first kappa shape index (κ1) is 12.7. The summed E-state index contributed by atoms with van der Waals surface area (Å²) in [6.45, 7) is 1.87. The molecule has 3 aromatic rings. The molecule has 0 bridgehead atoms. The number of nitrogens with one attached hydrogen (secondary N) is 1. The average molecular weight is 282 g/mol. The summed E-state index contributed by atoms with van der Waals surface area (Å²) >= 11 is 5.20. The molecule has 0 radical (unpaired) electrons. The number of hydrogen-bond donors (Lipinski definition) is 1. The second-order valence-electron chi connectivity index (χ2n) is 4.54. The van der Waals surface area contributed by atoms with Crippen molar-refractivity contribution in [1.82, 2.24) is 20.3 Å². The number of rotatable bonds is 3. The highest BCUT2D eigenvalue weighted by molar-refractivity contribution is 7.80. The maximum absolute atomic E-state index is 5.20. The van der Waals surface area contributed by atoms with Crippen molar-refractivity contribution in [3.8, 4) is 0 Å². The van der Waals surface area contributed by atoms with E-state index in [-0.39, 0.29) is 6.17 Å². The molecule has 0 saturated carbocycles. The molecule has 4 nitrogen and oxygen atoms in total. The lowest BCUT2D eigenvalue weighted by molar-refractivity contribution is 0.496. The fraction of sp³-hybridized carbons (Fsp3) is 0.133. The number of benzene rings is 2. The highest BCUT2D eigenvalue weighted by Gasteiger charge is 2.17. The third-order valence-corrected chi connectivity index (χ3v) is 3.20. The number of nitrogens with zero attached hydrogens (tertiary/aromatic N) is 3. The Morgan fingerprint density at radius 3 is 2.55 bits per heavy atom. The Balaban J connectivity index is 2.12. The Bertz CT molecular complexity index is 736. The van der Waals surface area contributed by atoms with Gasteiger partial charge in [-0.15, -0.1) is 5.10 Å². The van der Waals surface area contributed by atoms with Crippen molar-refractivity contribution in [2.75, 3.05) is 0 Å². The first-order chi connectivity index (χ1) is 9.75. The van der Waals surface area contributed by atoms with Crippen LogP contribution in [0.2, 0.25) is 0 Å². The third-order valence-electron chi connectivity index (χ3n) is 3.08. The first-order valence-corrected chi connectivity index (χ1v) is 6.78. The first-order valence-electron chi connectivity index (χ1n) is 6.37. The molecule has 1 unspecified atom stereocenters. The molecule has 0 aliphatic heterocycles. The monoisotopic (exact) mass is 282 g/mol. The van der Waals surface area contributed by atoms with Gasteiger partial charge in [-0.25, -0.2) is 4.68 Å². The minimum Gasteiger partial charge on any atom is -0.355 e. The van der Waals surface area contributed by atoms with Gasteiger partial charge in [-0.3, -0.25) is 0 Å². The molecular weight excluding hydrogens is 268 g/mol. The Morgan fingerprint density at radius 2 is 1.80 bits per heavy atom. The van der Waals surface area contributed by atoms with Crippen molar-refractivity contribution in [3.63, 3.8) is 0 Å². The molecule has 0 spiro atoms. The molecule has 20 heavy (non-hydrogen) atoms. The topological polar surface area (TPSA) is 42.7 Å². The summed E-state index contributed by atoms with van der Waals surface area (Å²) in [7, 11) is 0. The molecule has 3 rings (SSSR count). The fourth-order valence-electron chi connectivity index (χ4n) is 2.19. The van der Waals surface area contributed by atoms with Crippen molar-refractivity contribution >= 4 is 28.2 Å². The average Bonchev–Trinajstić information content (AvgIpc) is 2.89. The van der Waals surface area contributed by atoms with Gasteiger partial charge in [-0.2, -0.15) is 0 Å². The molecule has 0 aliphatic rings. The van der Waals surface area contributed by atoms with Crippen LogP contribution in [0.4, 0.5) is 0 Å². The maximum Gasteiger partial charge on any atom is 0.149 e. The van der Waals surface area contributed by atoms with Gasteiger partial charge in [0, 0.05) is 0 Å². The lowest BCUT2D eigenvalue weighted by atomic mass is 10.1. The number of fused-ring (bicyclic) bond motifs is 1. The number of thiocarbonyl (C=S) groups is 1. The molecule has 1 heterocycles. The van der Waals surface area contributed by atoms with E-state index in [1.807, 2.05) is 66.2 Å². The molecule has 2 aromatic carbocycles. The highest BCUT2D eigenvalue weighted by atomic mass is 32.1. The van der Waals surface area contributed by atoms with E-state index in [4.69, 9.17) is 12.2 Å². The van der Waals surface area contributed by atoms with Crippen LogP contribution in [-0.2, 0) is 0 Å². The zero-order valence-electron chi connectivity index (χ0n) is 11.0. The number of hydrogen-bond acceptors (Lipinski definition) is 3. The number of para-hydroxylation sites is 1. The Hall–Kier alpha value is -2.27. The molecule has 1 aromatic heterocycles. The molecule has 100 valence electrons. The minimum atomic E-state index is -0.152. The lowest BCUT2D eigenvalue weighted by Crippen LogP contribution is -2.31. The van der Waals surface area contributed by atoms with Crippen LogP contribution >= 0.6 is 12.2 Å². The van der Waals surface area contributed by atoms with Crippen molar-refractivity contribution in [1.29, 1.82) is 0 Å². The van der Waals surface area contributed by atoms with Crippen LogP contribution < -0.4 is 5.32 Å². The molecule has 5 heteroatoms. The zero-order chi connectivity index (χ0) is 13.9. The predicted molar refractivity (Wildman–Crippen MR) is 83.5 cm³/mol. The van der Waals surface area contributed by atoms with Crippen LogP contribution in [0.25, 0.3) is 11.0 Å².